The number of rotatable bonds is 18. The predicted molar refractivity (Wildman–Crippen MR) is 318 cm³/mol. The third kappa shape index (κ3) is 21.9. The van der Waals surface area contributed by atoms with Crippen LogP contribution in [0, 0.1) is 0 Å². The molecule has 0 aliphatic heterocycles. The van der Waals surface area contributed by atoms with E-state index >= 15 is 0 Å². The number of nitrogens with zero attached hydrogens (tertiary/aromatic N) is 11. The molecule has 0 unspecified atom stereocenters. The van der Waals surface area contributed by atoms with E-state index in [9.17, 15) is 64.7 Å². The summed E-state index contributed by atoms with van der Waals surface area (Å²) in [5.74, 6) is -1.61. The maximum absolute atomic E-state index is 13.6. The number of carboxylic acid groups (broad SMARTS) is 1. The van der Waals surface area contributed by atoms with Crippen LogP contribution in [0.1, 0.15) is 42.5 Å². The number of carbonyl (C=O) groups is 5. The first-order chi connectivity index (χ1) is 43.1. The molecule has 25 nitrogen and oxygen atoms in total. The van der Waals surface area contributed by atoms with Gasteiger partial charge in [0.15, 0.2) is 23.0 Å². The number of anilines is 2. The molecular weight excluding hydrogens is 1280 g/mol. The Labute approximate surface area is 524 Å². The van der Waals surface area contributed by atoms with Gasteiger partial charge >= 0.3 is 28.8 Å². The van der Waals surface area contributed by atoms with Crippen LogP contribution in [-0.4, -0.2) is 127 Å². The minimum Gasteiger partial charge on any atom is -0.478 e. The van der Waals surface area contributed by atoms with Gasteiger partial charge in [-0.3, -0.25) is 43.5 Å². The Balaban J connectivity index is 0.000000229. The molecule has 0 fully saturated rings. The summed E-state index contributed by atoms with van der Waals surface area (Å²) in [7, 11) is 4.56. The molecule has 478 valence electrons. The Morgan fingerprint density at radius 1 is 0.549 bits per heavy atom. The van der Waals surface area contributed by atoms with E-state index < -0.39 is 51.3 Å². The van der Waals surface area contributed by atoms with Gasteiger partial charge in [0.1, 0.15) is 0 Å². The van der Waals surface area contributed by atoms with Crippen LogP contribution in [0.5, 0.6) is 0 Å². The fourth-order valence-electron chi connectivity index (χ4n) is 7.20. The molecule has 0 bridgehead atoms. The minimum atomic E-state index is -4.67. The quantitative estimate of drug-likeness (QED) is 0.0417. The van der Waals surface area contributed by atoms with Gasteiger partial charge in [-0.2, -0.15) is 36.5 Å². The van der Waals surface area contributed by atoms with Crippen molar-refractivity contribution in [2.75, 3.05) is 52.2 Å². The molecule has 0 saturated heterocycles. The van der Waals surface area contributed by atoms with Crippen LogP contribution in [0.2, 0.25) is 0 Å². The van der Waals surface area contributed by atoms with Gasteiger partial charge < -0.3 is 44.1 Å². The van der Waals surface area contributed by atoms with Crippen molar-refractivity contribution >= 4 is 73.8 Å². The summed E-state index contributed by atoms with van der Waals surface area (Å²) in [5.41, 5.74) is 5.30. The number of nitrogens with one attached hydrogen (secondary N) is 1. The number of methoxy groups -OCH3 is 3. The van der Waals surface area contributed by atoms with Crippen LogP contribution in [0.15, 0.2) is 167 Å². The number of nitrogens with two attached hydrogens (primary N) is 1. The number of alkyl halides is 6. The Morgan fingerprint density at radius 2 is 0.956 bits per heavy atom. The molecule has 4 N–H and O–H groups in total. The maximum Gasteiger partial charge on any atom is 0.433 e. The van der Waals surface area contributed by atoms with E-state index in [1.165, 1.54) is 144 Å². The Kier molecular flexibility index (Phi) is 26.8. The summed E-state index contributed by atoms with van der Waals surface area (Å²) in [6, 6.07) is 21.8. The van der Waals surface area contributed by atoms with Crippen LogP contribution in [-0.2, 0) is 55.8 Å². The molecule has 0 spiro atoms. The number of carbonyl (C=O) groups excluding carboxylic acids is 4. The van der Waals surface area contributed by atoms with Gasteiger partial charge in [-0.25, -0.2) is 24.1 Å². The second kappa shape index (κ2) is 34.1. The molecule has 34 heteroatoms. The van der Waals surface area contributed by atoms with E-state index in [0.29, 0.717) is 60.0 Å². The van der Waals surface area contributed by atoms with Gasteiger partial charge in [-0.15, -0.1) is 0 Å². The SMILES string of the molecule is COCCn1cc(C(=O)Cl)ccc1=O.COCCn1cc(C(=O)Nc2ccc(-n3nc(-c4cccnc4)cc3C(F)(F)F)nc2)ccc1=O.COCCn1cc(C(=O)O)ccc1=O.Nc1ccc(-n2nc(-c3cccnc3)cc2C(F)(F)F)nc1.O=C(Cl)C(=O)Cl. The third-order valence-electron chi connectivity index (χ3n) is 11.6. The zero-order valence-corrected chi connectivity index (χ0v) is 49.8. The molecule has 0 aliphatic rings. The van der Waals surface area contributed by atoms with E-state index in [0.717, 1.165) is 16.8 Å². The van der Waals surface area contributed by atoms with Crippen LogP contribution >= 0.6 is 34.8 Å². The highest BCUT2D eigenvalue weighted by Crippen LogP contribution is 2.35. The number of hydrogen-bond donors (Lipinski definition) is 3. The topological polar surface area (TPSA) is 325 Å². The summed E-state index contributed by atoms with van der Waals surface area (Å²) in [6.07, 6.45) is 3.31. The Hall–Kier alpha value is -10.1. The lowest BCUT2D eigenvalue weighted by molar-refractivity contribution is -0.143. The van der Waals surface area contributed by atoms with E-state index in [-0.39, 0.29) is 63.1 Å². The number of ether oxygens (including phenoxy) is 3. The monoisotopic (exact) mass is 1330 g/mol. The van der Waals surface area contributed by atoms with E-state index in [1.54, 1.807) is 31.4 Å². The van der Waals surface area contributed by atoms with Crippen molar-refractivity contribution in [1.82, 2.24) is 53.2 Å². The van der Waals surface area contributed by atoms with Gasteiger partial charge in [-0.1, -0.05) is 0 Å². The molecular formula is C57H50Cl3F6N13O12. The summed E-state index contributed by atoms with van der Waals surface area (Å²) < 4.78 is 101. The zero-order chi connectivity index (χ0) is 67.0. The lowest BCUT2D eigenvalue weighted by Crippen LogP contribution is -2.23. The van der Waals surface area contributed by atoms with Gasteiger partial charge in [0.25, 0.3) is 27.8 Å². The molecule has 0 radical (unpaired) electrons. The van der Waals surface area contributed by atoms with E-state index in [1.807, 2.05) is 0 Å². The van der Waals surface area contributed by atoms with Crippen LogP contribution in [0.3, 0.4) is 0 Å². The number of halogens is 9. The highest BCUT2D eigenvalue weighted by atomic mass is 35.5. The average molecular weight is 1330 g/mol. The third-order valence-corrected chi connectivity index (χ3v) is 12.2. The molecule has 0 aliphatic carbocycles. The number of carboxylic acids is 1. The zero-order valence-electron chi connectivity index (χ0n) is 47.5. The number of aromatic carboxylic acids is 1. The largest absolute Gasteiger partial charge is 0.478 e. The second-order valence-electron chi connectivity index (χ2n) is 17.9. The summed E-state index contributed by atoms with van der Waals surface area (Å²) in [4.78, 5) is 103. The first-order valence-corrected chi connectivity index (χ1v) is 26.8. The molecule has 9 aromatic heterocycles. The molecule has 9 aromatic rings. The first-order valence-electron chi connectivity index (χ1n) is 25.7. The van der Waals surface area contributed by atoms with Crippen molar-refractivity contribution in [3.63, 3.8) is 0 Å². The average Bonchev–Trinajstić information content (AvgIpc) is 1.68. The highest BCUT2D eigenvalue weighted by Gasteiger charge is 2.38. The second-order valence-corrected chi connectivity index (χ2v) is 18.9. The highest BCUT2D eigenvalue weighted by molar-refractivity contribution is 6.97. The van der Waals surface area contributed by atoms with E-state index in [4.69, 9.17) is 36.7 Å². The first kappa shape index (κ1) is 71.7. The molecule has 9 heterocycles. The van der Waals surface area contributed by atoms with E-state index in [2.05, 4.69) is 58.7 Å². The van der Waals surface area contributed by atoms with Crippen molar-refractivity contribution in [2.45, 2.75) is 32.0 Å². The van der Waals surface area contributed by atoms with Crippen molar-refractivity contribution < 1.29 is 69.6 Å². The number of hydrogen-bond acceptors (Lipinski definition) is 18. The number of aromatic nitrogens is 11. The maximum atomic E-state index is 13.6. The molecule has 0 aromatic carbocycles. The molecule has 0 atom stereocenters. The smallest absolute Gasteiger partial charge is 0.433 e. The summed E-state index contributed by atoms with van der Waals surface area (Å²) in [6.45, 7) is 2.14. The lowest BCUT2D eigenvalue weighted by atomic mass is 10.2. The van der Waals surface area contributed by atoms with Gasteiger partial charge in [0.05, 0.1) is 71.7 Å². The van der Waals surface area contributed by atoms with Crippen molar-refractivity contribution in [1.29, 1.82) is 0 Å². The minimum absolute atomic E-state index is 0.0386. The van der Waals surface area contributed by atoms with Crippen molar-refractivity contribution in [3.05, 3.63) is 212 Å². The van der Waals surface area contributed by atoms with Crippen molar-refractivity contribution in [3.8, 4) is 34.2 Å². The van der Waals surface area contributed by atoms with Gasteiger partial charge in [0.2, 0.25) is 0 Å². The molecule has 9 rings (SSSR count). The molecule has 0 saturated carbocycles. The van der Waals surface area contributed by atoms with Crippen LogP contribution in [0.25, 0.3) is 34.2 Å². The predicted octanol–water partition coefficient (Wildman–Crippen LogP) is 7.92. The number of amides is 1. The number of pyridine rings is 7. The van der Waals surface area contributed by atoms with Crippen LogP contribution < -0.4 is 27.7 Å². The lowest BCUT2D eigenvalue weighted by Gasteiger charge is -2.11. The Bertz CT molecular complexity index is 4030. The Morgan fingerprint density at radius 3 is 1.31 bits per heavy atom. The summed E-state index contributed by atoms with van der Waals surface area (Å²) in [5, 5.41) is 16.5. The standard InChI is InChI=1S/C23H19F3N6O3.C14H10F3N5.C9H10ClNO3.C9H11NO4.C2Cl2O2/c1-35-10-9-31-14-16(4-7-21(31)33)22(34)29-17-5-6-20(28-13-17)32-19(23(24,25)26)11-18(30-32)15-3-2-8-27-12-15;15-14(16,17)12-6-11(9-2-1-5-19-7-9)21-22(12)13-4-3-10(18)8-20-13;1-14-5-4-11-6-7(9(10)13)2-3-8(11)12;1-14-5-4-10-6-7(9(12)13)2-3-8(10)11;3-1(5)2(4)6/h2-8,11-14H,9-10H2,1H3,(H,29,34);1-8H,18H2;2-3,6H,4-5H2,1H3;2-3,6H,4-5H2,1H3,(H,12,13);. The van der Waals surface area contributed by atoms with Gasteiger partial charge in [-0.05, 0) is 114 Å². The van der Waals surface area contributed by atoms with Gasteiger partial charge in [0, 0.05) is 114 Å². The van der Waals surface area contributed by atoms with Crippen LogP contribution in [0.4, 0.5) is 37.7 Å². The number of nitrogen functional groups attached to an aromatic ring is 1. The molecule has 91 heavy (non-hydrogen) atoms. The summed E-state index contributed by atoms with van der Waals surface area (Å²) >= 11 is 14.3. The fraction of sp³-hybridized carbons (Fsp3) is 0.193. The molecule has 1 amide bonds. The fourth-order valence-corrected chi connectivity index (χ4v) is 7.31. The van der Waals surface area contributed by atoms with Crippen molar-refractivity contribution in [2.24, 2.45) is 0 Å². The normalized spacial score (nSPS) is 10.8.